The van der Waals surface area contributed by atoms with Crippen molar-refractivity contribution >= 4 is 43.2 Å². The van der Waals surface area contributed by atoms with Gasteiger partial charge >= 0.3 is 0 Å². The maximum atomic E-state index is 14.8. The predicted molar refractivity (Wildman–Crippen MR) is 177 cm³/mol. The zero-order valence-corrected chi connectivity index (χ0v) is 24.8. The fraction of sp³-hybridized carbons (Fsp3) is 0.152. The Morgan fingerprint density at radius 3 is 2.63 bits per heavy atom. The molecular formula is C33H37FN6S. The molecule has 0 saturated carbocycles. The summed E-state index contributed by atoms with van der Waals surface area (Å²) in [5.41, 5.74) is 15.0. The lowest BCUT2D eigenvalue weighted by atomic mass is 9.95. The third kappa shape index (κ3) is 7.03. The van der Waals surface area contributed by atoms with Gasteiger partial charge in [-0.25, -0.2) is 4.39 Å². The zero-order chi connectivity index (χ0) is 29.7. The van der Waals surface area contributed by atoms with Gasteiger partial charge in [-0.2, -0.15) is 14.5 Å². The number of H-pyrrole nitrogens is 2. The maximum absolute atomic E-state index is 14.8. The van der Waals surface area contributed by atoms with Gasteiger partial charge in [0.15, 0.2) is 0 Å². The highest BCUT2D eigenvalue weighted by Crippen LogP contribution is 2.34. The van der Waals surface area contributed by atoms with E-state index < -0.39 is 9.39 Å². The van der Waals surface area contributed by atoms with Gasteiger partial charge in [0.1, 0.15) is 11.5 Å². The molecule has 212 valence electrons. The van der Waals surface area contributed by atoms with Gasteiger partial charge in [-0.3, -0.25) is 14.8 Å². The van der Waals surface area contributed by atoms with Gasteiger partial charge in [-0.1, -0.05) is 42.6 Å². The number of nitrogens with two attached hydrogens (primary N) is 1. The Morgan fingerprint density at radius 1 is 1.17 bits per heavy atom. The van der Waals surface area contributed by atoms with Crippen molar-refractivity contribution in [2.45, 2.75) is 27.3 Å². The number of allylic oxidation sites excluding steroid dienone is 7. The number of hydrogen-bond acceptors (Lipinski definition) is 4. The summed E-state index contributed by atoms with van der Waals surface area (Å²) in [5, 5.41) is 8.61. The number of fused-ring (bicyclic) bond motifs is 1. The second-order valence-electron chi connectivity index (χ2n) is 10.1. The van der Waals surface area contributed by atoms with E-state index in [1.54, 1.807) is 24.4 Å². The number of pyridine rings is 1. The fourth-order valence-electron chi connectivity index (χ4n) is 4.49. The molecule has 8 heteroatoms. The minimum Gasteiger partial charge on any atom is -0.399 e. The van der Waals surface area contributed by atoms with E-state index in [4.69, 9.17) is 5.73 Å². The van der Waals surface area contributed by atoms with Crippen LogP contribution in [0.25, 0.3) is 33.4 Å². The lowest BCUT2D eigenvalue weighted by Gasteiger charge is -2.13. The van der Waals surface area contributed by atoms with Crippen molar-refractivity contribution in [2.24, 2.45) is 5.73 Å². The average Bonchev–Trinajstić information content (AvgIpc) is 3.53. The van der Waals surface area contributed by atoms with E-state index in [1.807, 2.05) is 69.5 Å². The standard InChI is InChI=1S/C33H37FN6S/c1-8-11-12-27(24-13-22(14-25(34)15-24)19-37-41(5,6)7)28-17-31(38-21(28)4)33-29-18-30(36-20-32(29)39-40-33)23(9-2)16-26(35)10-3/h8-18,20,37-38H,3,5-6,19,35H2,1-2,4,7H3,(H,39,40)/b11-8-,23-9+,26-16+,27-12-. The van der Waals surface area contributed by atoms with E-state index in [-0.39, 0.29) is 5.82 Å². The Balaban J connectivity index is 1.80. The van der Waals surface area contributed by atoms with E-state index in [9.17, 15) is 4.39 Å². The fourth-order valence-corrected chi connectivity index (χ4v) is 5.00. The molecule has 0 amide bonds. The van der Waals surface area contributed by atoms with Gasteiger partial charge < -0.3 is 10.7 Å². The molecule has 1 aromatic carbocycles. The van der Waals surface area contributed by atoms with Crippen molar-refractivity contribution in [3.05, 3.63) is 119 Å². The van der Waals surface area contributed by atoms with Gasteiger partial charge in [0.2, 0.25) is 0 Å². The molecule has 0 unspecified atom stereocenters. The van der Waals surface area contributed by atoms with Gasteiger partial charge in [0.05, 0.1) is 23.1 Å². The first kappa shape index (κ1) is 29.6. The molecule has 3 aromatic heterocycles. The van der Waals surface area contributed by atoms with E-state index in [0.29, 0.717) is 12.2 Å². The monoisotopic (exact) mass is 568 g/mol. The molecule has 6 nitrogen and oxygen atoms in total. The second-order valence-corrected chi connectivity index (χ2v) is 12.9. The Hall–Kier alpha value is -4.40. The van der Waals surface area contributed by atoms with Crippen molar-refractivity contribution in [3.63, 3.8) is 0 Å². The van der Waals surface area contributed by atoms with Crippen LogP contribution in [0.4, 0.5) is 4.39 Å². The number of benzene rings is 1. The van der Waals surface area contributed by atoms with Crippen LogP contribution in [-0.2, 0) is 6.54 Å². The predicted octanol–water partition coefficient (Wildman–Crippen LogP) is 7.14. The number of rotatable bonds is 10. The number of hydrogen-bond donors (Lipinski definition) is 4. The van der Waals surface area contributed by atoms with E-state index in [1.165, 1.54) is 0 Å². The maximum Gasteiger partial charge on any atom is 0.124 e. The zero-order valence-electron chi connectivity index (χ0n) is 24.0. The Kier molecular flexibility index (Phi) is 8.95. The van der Waals surface area contributed by atoms with Crippen LogP contribution in [0.2, 0.25) is 0 Å². The largest absolute Gasteiger partial charge is 0.399 e. The smallest absolute Gasteiger partial charge is 0.124 e. The summed E-state index contributed by atoms with van der Waals surface area (Å²) >= 11 is 0. The van der Waals surface area contributed by atoms with Crippen LogP contribution in [0.1, 0.15) is 41.9 Å². The van der Waals surface area contributed by atoms with E-state index in [0.717, 1.165) is 61.5 Å². The number of aromatic amines is 2. The second kappa shape index (κ2) is 12.4. The topological polar surface area (TPSA) is 95.4 Å². The number of nitrogens with one attached hydrogen (secondary N) is 3. The number of nitrogens with zero attached hydrogens (tertiary/aromatic N) is 2. The molecule has 0 bridgehead atoms. The highest BCUT2D eigenvalue weighted by atomic mass is 32.2. The molecule has 0 atom stereocenters. The highest BCUT2D eigenvalue weighted by molar-refractivity contribution is 8.25. The Bertz CT molecular complexity index is 1830. The minimum absolute atomic E-state index is 0.298. The van der Waals surface area contributed by atoms with Crippen LogP contribution in [0.5, 0.6) is 0 Å². The molecule has 5 N–H and O–H groups in total. The number of halogens is 1. The summed E-state index contributed by atoms with van der Waals surface area (Å²) in [7, 11) is -1.43. The van der Waals surface area contributed by atoms with Crippen molar-refractivity contribution in [2.75, 3.05) is 6.26 Å². The van der Waals surface area contributed by atoms with Gasteiger partial charge in [0, 0.05) is 28.9 Å². The van der Waals surface area contributed by atoms with Crippen LogP contribution < -0.4 is 10.5 Å². The van der Waals surface area contributed by atoms with E-state index >= 15 is 0 Å². The quantitative estimate of drug-likeness (QED) is 0.121. The molecule has 0 aliphatic rings. The van der Waals surface area contributed by atoms with Crippen LogP contribution >= 0.6 is 9.39 Å². The van der Waals surface area contributed by atoms with Crippen LogP contribution in [0, 0.1) is 12.7 Å². The highest BCUT2D eigenvalue weighted by Gasteiger charge is 2.18. The van der Waals surface area contributed by atoms with Gasteiger partial charge in [0.25, 0.3) is 0 Å². The van der Waals surface area contributed by atoms with Crippen molar-refractivity contribution in [3.8, 4) is 11.4 Å². The normalized spacial score (nSPS) is 13.4. The average molecular weight is 569 g/mol. The van der Waals surface area contributed by atoms with E-state index in [2.05, 4.69) is 49.3 Å². The lowest BCUT2D eigenvalue weighted by Crippen LogP contribution is -2.08. The number of aryl methyl sites for hydroxylation is 1. The molecular weight excluding hydrogens is 531 g/mol. The molecule has 4 rings (SSSR count). The summed E-state index contributed by atoms with van der Waals surface area (Å²) in [5.74, 6) is 7.83. The van der Waals surface area contributed by atoms with Gasteiger partial charge in [-0.15, -0.1) is 0 Å². The molecule has 0 saturated heterocycles. The molecule has 41 heavy (non-hydrogen) atoms. The lowest BCUT2D eigenvalue weighted by molar-refractivity contribution is 0.624. The molecule has 0 aliphatic heterocycles. The Labute approximate surface area is 241 Å². The van der Waals surface area contributed by atoms with Crippen LogP contribution in [0.15, 0.2) is 85.3 Å². The molecule has 4 aromatic rings. The molecule has 0 radical (unpaired) electrons. The van der Waals surface area contributed by atoms with Crippen molar-refractivity contribution in [1.29, 1.82) is 0 Å². The summed E-state index contributed by atoms with van der Waals surface area (Å²) in [6.45, 7) is 10.1. The Morgan fingerprint density at radius 2 is 1.95 bits per heavy atom. The summed E-state index contributed by atoms with van der Waals surface area (Å²) in [6.07, 6.45) is 15.0. The van der Waals surface area contributed by atoms with Crippen LogP contribution in [-0.4, -0.2) is 38.2 Å². The molecule has 3 heterocycles. The van der Waals surface area contributed by atoms with Crippen LogP contribution in [0.3, 0.4) is 0 Å². The third-order valence-electron chi connectivity index (χ3n) is 6.52. The summed E-state index contributed by atoms with van der Waals surface area (Å²) < 4.78 is 18.2. The molecule has 0 spiro atoms. The first-order valence-electron chi connectivity index (χ1n) is 13.2. The summed E-state index contributed by atoms with van der Waals surface area (Å²) in [4.78, 5) is 8.09. The minimum atomic E-state index is -1.43. The van der Waals surface area contributed by atoms with Gasteiger partial charge in [-0.05, 0) is 91.8 Å². The molecule has 0 fully saturated rings. The summed E-state index contributed by atoms with van der Waals surface area (Å²) in [6, 6.07) is 9.17. The molecule has 0 aliphatic carbocycles. The third-order valence-corrected chi connectivity index (χ3v) is 7.36. The van der Waals surface area contributed by atoms with Crippen molar-refractivity contribution < 1.29 is 4.39 Å². The van der Waals surface area contributed by atoms with Crippen molar-refractivity contribution in [1.82, 2.24) is 24.9 Å². The first-order valence-corrected chi connectivity index (χ1v) is 15.5. The number of aromatic nitrogens is 4. The SMILES string of the molecule is C=C/C(N)=C\C(=C/C)c1cc2c(-c3cc(/C(=C\C=C/C)c4cc(F)cc(CNS(=C)(=C)C)c4)c(C)[nH]3)n[nH]c2cn1. The first-order chi connectivity index (χ1) is 19.5.